The van der Waals surface area contributed by atoms with Crippen molar-refractivity contribution in [3.05, 3.63) is 42.2 Å². The second kappa shape index (κ2) is 5.25. The van der Waals surface area contributed by atoms with Crippen LogP contribution < -0.4 is 5.32 Å². The lowest BCUT2D eigenvalue weighted by atomic mass is 9.95. The van der Waals surface area contributed by atoms with E-state index in [1.165, 1.54) is 0 Å². The van der Waals surface area contributed by atoms with Gasteiger partial charge in [-0.2, -0.15) is 0 Å². The van der Waals surface area contributed by atoms with Gasteiger partial charge in [0.25, 0.3) is 0 Å². The van der Waals surface area contributed by atoms with Crippen LogP contribution in [0, 0.1) is 0 Å². The Bertz CT molecular complexity index is 438. The predicted molar refractivity (Wildman–Crippen MR) is 62.2 cm³/mol. The molecule has 0 aliphatic carbocycles. The molecular formula is C12H14N2O3. The number of nitrogens with zero attached hydrogens (tertiary/aromatic N) is 1. The normalized spacial score (nSPS) is 11.4. The molecule has 1 aromatic rings. The molecule has 90 valence electrons. The van der Waals surface area contributed by atoms with E-state index in [9.17, 15) is 9.59 Å². The summed E-state index contributed by atoms with van der Waals surface area (Å²) in [4.78, 5) is 25.6. The molecule has 1 heterocycles. The van der Waals surface area contributed by atoms with Crippen molar-refractivity contribution >= 4 is 11.9 Å². The van der Waals surface area contributed by atoms with Crippen LogP contribution in [0.15, 0.2) is 36.7 Å². The molecule has 0 bridgehead atoms. The first-order valence-corrected chi connectivity index (χ1v) is 5.05. The number of hydrogen-bond donors (Lipinski definition) is 2. The van der Waals surface area contributed by atoms with Gasteiger partial charge in [-0.15, -0.1) is 0 Å². The number of aliphatic carboxylic acids is 1. The summed E-state index contributed by atoms with van der Waals surface area (Å²) in [5.41, 5.74) is 0.313. The van der Waals surface area contributed by atoms with E-state index in [1.54, 1.807) is 24.5 Å². The molecule has 17 heavy (non-hydrogen) atoms. The Morgan fingerprint density at radius 1 is 1.29 bits per heavy atom. The molecule has 0 saturated heterocycles. The lowest BCUT2D eigenvalue weighted by Gasteiger charge is -2.25. The van der Waals surface area contributed by atoms with Crippen molar-refractivity contribution < 1.29 is 14.7 Å². The molecular weight excluding hydrogens is 220 g/mol. The first-order chi connectivity index (χ1) is 7.92. The molecule has 0 aliphatic rings. The van der Waals surface area contributed by atoms with Crippen LogP contribution in [0.25, 0.3) is 0 Å². The summed E-state index contributed by atoms with van der Waals surface area (Å²) in [5, 5.41) is 11.1. The van der Waals surface area contributed by atoms with E-state index in [1.807, 2.05) is 13.8 Å². The number of rotatable bonds is 4. The third-order valence-electron chi connectivity index (χ3n) is 2.21. The summed E-state index contributed by atoms with van der Waals surface area (Å²) < 4.78 is 0. The minimum absolute atomic E-state index is 0.450. The molecule has 0 radical (unpaired) electrons. The number of amides is 1. The molecule has 2 N–H and O–H groups in total. The van der Waals surface area contributed by atoms with Crippen molar-refractivity contribution in [2.45, 2.75) is 19.4 Å². The third-order valence-corrected chi connectivity index (χ3v) is 2.21. The highest BCUT2D eigenvalue weighted by atomic mass is 16.4. The number of carboxylic acids is 1. The van der Waals surface area contributed by atoms with Crippen molar-refractivity contribution in [2.75, 3.05) is 0 Å². The molecule has 0 aliphatic heterocycles. The van der Waals surface area contributed by atoms with Crippen LogP contribution in [-0.2, 0) is 15.1 Å². The highest BCUT2D eigenvalue weighted by Gasteiger charge is 2.21. The van der Waals surface area contributed by atoms with Gasteiger partial charge >= 0.3 is 5.97 Å². The molecule has 0 aromatic carbocycles. The fraction of sp³-hybridized carbons (Fsp3) is 0.250. The topological polar surface area (TPSA) is 79.3 Å². The minimum Gasteiger partial charge on any atom is -0.478 e. The molecule has 0 fully saturated rings. The van der Waals surface area contributed by atoms with E-state index < -0.39 is 17.4 Å². The summed E-state index contributed by atoms with van der Waals surface area (Å²) in [6.07, 6.45) is 5.07. The van der Waals surface area contributed by atoms with Crippen LogP contribution in [0.4, 0.5) is 0 Å². The van der Waals surface area contributed by atoms with Gasteiger partial charge in [-0.3, -0.25) is 9.78 Å². The fourth-order valence-corrected chi connectivity index (χ4v) is 1.34. The minimum atomic E-state index is -1.15. The molecule has 0 atom stereocenters. The molecule has 5 heteroatoms. The van der Waals surface area contributed by atoms with Gasteiger partial charge in [-0.1, -0.05) is 0 Å². The maximum absolute atomic E-state index is 11.5. The molecule has 5 nitrogen and oxygen atoms in total. The Morgan fingerprint density at radius 3 is 2.41 bits per heavy atom. The first-order valence-electron chi connectivity index (χ1n) is 5.05. The quantitative estimate of drug-likeness (QED) is 0.764. The van der Waals surface area contributed by atoms with Gasteiger partial charge in [0.05, 0.1) is 5.54 Å². The average Bonchev–Trinajstić information content (AvgIpc) is 2.27. The number of carbonyl (C=O) groups is 2. The molecule has 0 unspecified atom stereocenters. The number of aromatic nitrogens is 1. The number of carbonyl (C=O) groups excluding carboxylic acids is 1. The standard InChI is InChI=1S/C12H14N2O3/c1-12(2,9-5-7-13-8-6-9)14-10(15)3-4-11(16)17/h3-8H,1-2H3,(H,14,15)(H,16,17). The van der Waals surface area contributed by atoms with Crippen LogP contribution >= 0.6 is 0 Å². The number of hydrogen-bond acceptors (Lipinski definition) is 3. The molecule has 1 amide bonds. The van der Waals surface area contributed by atoms with Crippen molar-refractivity contribution in [1.29, 1.82) is 0 Å². The van der Waals surface area contributed by atoms with E-state index in [-0.39, 0.29) is 0 Å². The van der Waals surface area contributed by atoms with Gasteiger partial charge in [0.15, 0.2) is 0 Å². The van der Waals surface area contributed by atoms with Crippen molar-refractivity contribution in [3.63, 3.8) is 0 Å². The Hall–Kier alpha value is -2.17. The summed E-state index contributed by atoms with van der Waals surface area (Å²) in [6, 6.07) is 3.59. The zero-order valence-electron chi connectivity index (χ0n) is 9.68. The summed E-state index contributed by atoms with van der Waals surface area (Å²) in [6.45, 7) is 3.66. The maximum atomic E-state index is 11.5. The van der Waals surface area contributed by atoms with Crippen LogP contribution in [0.1, 0.15) is 19.4 Å². The molecule has 1 rings (SSSR count). The van der Waals surface area contributed by atoms with Crippen LogP contribution in [0.2, 0.25) is 0 Å². The van der Waals surface area contributed by atoms with Crippen LogP contribution in [-0.4, -0.2) is 22.0 Å². The Morgan fingerprint density at radius 2 is 1.88 bits per heavy atom. The van der Waals surface area contributed by atoms with Crippen molar-refractivity contribution in [3.8, 4) is 0 Å². The lowest BCUT2D eigenvalue weighted by molar-refractivity contribution is -0.131. The lowest BCUT2D eigenvalue weighted by Crippen LogP contribution is -2.40. The van der Waals surface area contributed by atoms with Gasteiger partial charge in [-0.05, 0) is 31.5 Å². The van der Waals surface area contributed by atoms with Crippen LogP contribution in [0.5, 0.6) is 0 Å². The fourth-order valence-electron chi connectivity index (χ4n) is 1.34. The molecule has 0 saturated carbocycles. The zero-order valence-corrected chi connectivity index (χ0v) is 9.68. The van der Waals surface area contributed by atoms with Gasteiger partial charge in [0.1, 0.15) is 0 Å². The second-order valence-electron chi connectivity index (χ2n) is 4.02. The van der Waals surface area contributed by atoms with Gasteiger partial charge < -0.3 is 10.4 Å². The number of nitrogens with one attached hydrogen (secondary N) is 1. The van der Waals surface area contributed by atoms with E-state index in [4.69, 9.17) is 5.11 Å². The smallest absolute Gasteiger partial charge is 0.328 e. The molecule has 0 spiro atoms. The van der Waals surface area contributed by atoms with E-state index in [0.29, 0.717) is 0 Å². The summed E-state index contributed by atoms with van der Waals surface area (Å²) >= 11 is 0. The Balaban J connectivity index is 2.74. The van der Waals surface area contributed by atoms with Gasteiger partial charge in [-0.25, -0.2) is 4.79 Å². The van der Waals surface area contributed by atoms with Gasteiger partial charge in [0.2, 0.25) is 5.91 Å². The van der Waals surface area contributed by atoms with E-state index >= 15 is 0 Å². The average molecular weight is 234 g/mol. The highest BCUT2D eigenvalue weighted by molar-refractivity contribution is 5.94. The largest absolute Gasteiger partial charge is 0.478 e. The van der Waals surface area contributed by atoms with Crippen molar-refractivity contribution in [2.24, 2.45) is 0 Å². The monoisotopic (exact) mass is 234 g/mol. The SMILES string of the molecule is CC(C)(NC(=O)C=CC(=O)O)c1ccncc1. The van der Waals surface area contributed by atoms with E-state index in [0.717, 1.165) is 17.7 Å². The maximum Gasteiger partial charge on any atom is 0.328 e. The van der Waals surface area contributed by atoms with Crippen LogP contribution in [0.3, 0.4) is 0 Å². The summed E-state index contributed by atoms with van der Waals surface area (Å²) in [7, 11) is 0. The summed E-state index contributed by atoms with van der Waals surface area (Å²) in [5.74, 6) is -1.60. The van der Waals surface area contributed by atoms with E-state index in [2.05, 4.69) is 10.3 Å². The highest BCUT2D eigenvalue weighted by Crippen LogP contribution is 2.18. The molecule has 1 aromatic heterocycles. The first kappa shape index (κ1) is 12.9. The van der Waals surface area contributed by atoms with Crippen molar-refractivity contribution in [1.82, 2.24) is 10.3 Å². The predicted octanol–water partition coefficient (Wildman–Crippen LogP) is 1.07. The van der Waals surface area contributed by atoms with Gasteiger partial charge in [0, 0.05) is 24.5 Å². The Labute approximate surface area is 99.2 Å². The number of carboxylic acid groups (broad SMARTS) is 1. The zero-order chi connectivity index (χ0) is 12.9. The Kier molecular flexibility index (Phi) is 3.98. The third kappa shape index (κ3) is 4.06. The second-order valence-corrected chi connectivity index (χ2v) is 4.02. The number of pyridine rings is 1.